The van der Waals surface area contributed by atoms with Crippen molar-refractivity contribution < 1.29 is 4.79 Å². The second kappa shape index (κ2) is 7.79. The second-order valence-corrected chi connectivity index (χ2v) is 8.15. The number of benzene rings is 1. The van der Waals surface area contributed by atoms with E-state index in [-0.39, 0.29) is 24.4 Å². The lowest BCUT2D eigenvalue weighted by Crippen LogP contribution is -2.49. The fourth-order valence-corrected chi connectivity index (χ4v) is 3.72. The highest BCUT2D eigenvalue weighted by atomic mass is 79.9. The Morgan fingerprint density at radius 2 is 1.87 bits per heavy atom. The summed E-state index contributed by atoms with van der Waals surface area (Å²) in [5.41, 5.74) is 7.16. The molecule has 0 saturated carbocycles. The molecule has 1 aromatic heterocycles. The first kappa shape index (κ1) is 20.2. The van der Waals surface area contributed by atoms with Crippen LogP contribution in [0.25, 0.3) is 0 Å². The average Bonchev–Trinajstić information content (AvgIpc) is 2.78. The first-order chi connectivity index (χ1) is 10.2. The Morgan fingerprint density at radius 1 is 1.30 bits per heavy atom. The third-order valence-corrected chi connectivity index (χ3v) is 5.32. The molecule has 1 amide bonds. The Kier molecular flexibility index (Phi) is 6.83. The molecule has 23 heavy (non-hydrogen) atoms. The van der Waals surface area contributed by atoms with E-state index >= 15 is 0 Å². The van der Waals surface area contributed by atoms with Crippen molar-refractivity contribution in [2.24, 2.45) is 5.73 Å². The number of nitrogens with two attached hydrogens (primary N) is 1. The molecule has 1 heterocycles. The Labute approximate surface area is 156 Å². The van der Waals surface area contributed by atoms with Crippen LogP contribution in [0, 0.1) is 13.8 Å². The van der Waals surface area contributed by atoms with Crippen molar-refractivity contribution in [3.05, 3.63) is 55.7 Å². The summed E-state index contributed by atoms with van der Waals surface area (Å²) in [6.07, 6.45) is 0. The fourth-order valence-electron chi connectivity index (χ4n) is 2.43. The molecule has 0 aliphatic carbocycles. The van der Waals surface area contributed by atoms with Gasteiger partial charge in [-0.1, -0.05) is 28.1 Å². The molecule has 2 aromatic rings. The Morgan fingerprint density at radius 3 is 2.35 bits per heavy atom. The van der Waals surface area contributed by atoms with Gasteiger partial charge in [-0.05, 0) is 57.0 Å². The van der Waals surface area contributed by atoms with Crippen molar-refractivity contribution in [3.63, 3.8) is 0 Å². The molecule has 0 bridgehead atoms. The number of rotatable bonds is 4. The highest BCUT2D eigenvalue weighted by Crippen LogP contribution is 2.27. The SMILES string of the molecule is Cc1cc(C(C)NC(=O)C(C)(N)c2ccc(Br)cc2)c(C)s1.Cl. The highest BCUT2D eigenvalue weighted by Gasteiger charge is 2.31. The summed E-state index contributed by atoms with van der Waals surface area (Å²) >= 11 is 5.13. The zero-order valence-electron chi connectivity index (χ0n) is 13.6. The molecule has 0 spiro atoms. The standard InChI is InChI=1S/C17H21BrN2OS.ClH/c1-10-9-15(12(3)22-10)11(2)20-16(21)17(4,19)13-5-7-14(18)8-6-13;/h5-9,11H,19H2,1-4H3,(H,20,21);1H. The van der Waals surface area contributed by atoms with Crippen LogP contribution in [0.5, 0.6) is 0 Å². The van der Waals surface area contributed by atoms with Gasteiger partial charge in [0.05, 0.1) is 6.04 Å². The molecule has 0 fully saturated rings. The van der Waals surface area contributed by atoms with Gasteiger partial charge in [0.25, 0.3) is 0 Å². The van der Waals surface area contributed by atoms with Gasteiger partial charge in [-0.2, -0.15) is 0 Å². The summed E-state index contributed by atoms with van der Waals surface area (Å²) in [5, 5.41) is 3.03. The third-order valence-electron chi connectivity index (χ3n) is 3.81. The molecule has 126 valence electrons. The van der Waals surface area contributed by atoms with Crippen LogP contribution < -0.4 is 11.1 Å². The maximum Gasteiger partial charge on any atom is 0.244 e. The van der Waals surface area contributed by atoms with Gasteiger partial charge in [0.2, 0.25) is 5.91 Å². The largest absolute Gasteiger partial charge is 0.348 e. The maximum absolute atomic E-state index is 12.6. The zero-order valence-corrected chi connectivity index (χ0v) is 16.9. The van der Waals surface area contributed by atoms with E-state index in [4.69, 9.17) is 5.73 Å². The van der Waals surface area contributed by atoms with Crippen LogP contribution in [-0.2, 0) is 10.3 Å². The van der Waals surface area contributed by atoms with Crippen molar-refractivity contribution in [2.75, 3.05) is 0 Å². The van der Waals surface area contributed by atoms with Gasteiger partial charge < -0.3 is 11.1 Å². The van der Waals surface area contributed by atoms with Crippen molar-refractivity contribution in [1.82, 2.24) is 5.32 Å². The average molecular weight is 418 g/mol. The molecule has 0 saturated heterocycles. The van der Waals surface area contributed by atoms with Gasteiger partial charge in [0.1, 0.15) is 5.54 Å². The molecule has 0 aliphatic rings. The van der Waals surface area contributed by atoms with Crippen LogP contribution in [-0.4, -0.2) is 5.91 Å². The molecule has 6 heteroatoms. The predicted octanol–water partition coefficient (Wildman–Crippen LogP) is 4.60. The van der Waals surface area contributed by atoms with E-state index < -0.39 is 5.54 Å². The van der Waals surface area contributed by atoms with Gasteiger partial charge in [0.15, 0.2) is 0 Å². The van der Waals surface area contributed by atoms with Crippen molar-refractivity contribution in [3.8, 4) is 0 Å². The quantitative estimate of drug-likeness (QED) is 0.764. The smallest absolute Gasteiger partial charge is 0.244 e. The number of carbonyl (C=O) groups is 1. The molecule has 2 rings (SSSR count). The van der Waals surface area contributed by atoms with Gasteiger partial charge in [-0.25, -0.2) is 0 Å². The molecular formula is C17H22BrClN2OS. The molecule has 2 unspecified atom stereocenters. The van der Waals surface area contributed by atoms with Gasteiger partial charge in [-0.15, -0.1) is 23.7 Å². The number of halogens is 2. The summed E-state index contributed by atoms with van der Waals surface area (Å²) in [6, 6.07) is 9.59. The maximum atomic E-state index is 12.6. The Bertz CT molecular complexity index is 682. The topological polar surface area (TPSA) is 55.1 Å². The normalized spacial score (nSPS) is 14.5. The van der Waals surface area contributed by atoms with E-state index in [9.17, 15) is 4.79 Å². The molecule has 3 N–H and O–H groups in total. The molecule has 0 radical (unpaired) electrons. The summed E-state index contributed by atoms with van der Waals surface area (Å²) in [6.45, 7) is 7.88. The van der Waals surface area contributed by atoms with Crippen LogP contribution >= 0.6 is 39.7 Å². The minimum Gasteiger partial charge on any atom is -0.348 e. The second-order valence-electron chi connectivity index (χ2n) is 5.77. The van der Waals surface area contributed by atoms with Gasteiger partial charge >= 0.3 is 0 Å². The summed E-state index contributed by atoms with van der Waals surface area (Å²) < 4.78 is 0.963. The zero-order chi connectivity index (χ0) is 16.5. The lowest BCUT2D eigenvalue weighted by Gasteiger charge is -2.26. The summed E-state index contributed by atoms with van der Waals surface area (Å²) in [7, 11) is 0. The van der Waals surface area contributed by atoms with E-state index in [1.165, 1.54) is 9.75 Å². The number of carbonyl (C=O) groups excluding carboxylic acids is 1. The van der Waals surface area contributed by atoms with E-state index in [1.54, 1.807) is 18.3 Å². The van der Waals surface area contributed by atoms with E-state index in [0.29, 0.717) is 0 Å². The monoisotopic (exact) mass is 416 g/mol. The van der Waals surface area contributed by atoms with Gasteiger partial charge in [-0.3, -0.25) is 4.79 Å². The minimum absolute atomic E-state index is 0. The summed E-state index contributed by atoms with van der Waals surface area (Å²) in [5.74, 6) is -0.175. The number of amides is 1. The molecular weight excluding hydrogens is 396 g/mol. The molecule has 3 nitrogen and oxygen atoms in total. The lowest BCUT2D eigenvalue weighted by atomic mass is 9.91. The van der Waals surface area contributed by atoms with Crippen LogP contribution in [0.3, 0.4) is 0 Å². The summed E-state index contributed by atoms with van der Waals surface area (Å²) in [4.78, 5) is 15.1. The number of nitrogens with one attached hydrogen (secondary N) is 1. The molecule has 2 atom stereocenters. The lowest BCUT2D eigenvalue weighted by molar-refractivity contribution is -0.126. The number of hydrogen-bond acceptors (Lipinski definition) is 3. The molecule has 1 aromatic carbocycles. The van der Waals surface area contributed by atoms with E-state index in [0.717, 1.165) is 15.6 Å². The van der Waals surface area contributed by atoms with Crippen LogP contribution in [0.15, 0.2) is 34.8 Å². The van der Waals surface area contributed by atoms with E-state index in [2.05, 4.69) is 41.2 Å². The highest BCUT2D eigenvalue weighted by molar-refractivity contribution is 9.10. The van der Waals surface area contributed by atoms with Gasteiger partial charge in [0, 0.05) is 14.2 Å². The van der Waals surface area contributed by atoms with Crippen molar-refractivity contribution in [2.45, 2.75) is 39.3 Å². The Hall–Kier alpha value is -0.880. The first-order valence-corrected chi connectivity index (χ1v) is 8.75. The van der Waals surface area contributed by atoms with E-state index in [1.807, 2.05) is 31.2 Å². The predicted molar refractivity (Wildman–Crippen MR) is 103 cm³/mol. The number of thiophene rings is 1. The number of aryl methyl sites for hydroxylation is 2. The van der Waals surface area contributed by atoms with Crippen molar-refractivity contribution >= 4 is 45.6 Å². The third kappa shape index (κ3) is 4.57. The van der Waals surface area contributed by atoms with Crippen LogP contribution in [0.2, 0.25) is 0 Å². The minimum atomic E-state index is -1.06. The van der Waals surface area contributed by atoms with Crippen LogP contribution in [0.1, 0.15) is 40.8 Å². The Balaban J connectivity index is 0.00000264. The fraction of sp³-hybridized carbons (Fsp3) is 0.353. The van der Waals surface area contributed by atoms with Crippen molar-refractivity contribution in [1.29, 1.82) is 0 Å². The molecule has 0 aliphatic heterocycles. The first-order valence-electron chi connectivity index (χ1n) is 7.14. The van der Waals surface area contributed by atoms with Crippen LogP contribution in [0.4, 0.5) is 0 Å². The number of hydrogen-bond donors (Lipinski definition) is 2.